The molecular formula is C13H10S2. The van der Waals surface area contributed by atoms with Gasteiger partial charge in [0.1, 0.15) is 0 Å². The van der Waals surface area contributed by atoms with E-state index in [9.17, 15) is 0 Å². The molecule has 0 unspecified atom stereocenters. The summed E-state index contributed by atoms with van der Waals surface area (Å²) in [5.41, 5.74) is 0. The van der Waals surface area contributed by atoms with Crippen LogP contribution in [0.5, 0.6) is 0 Å². The SMILES string of the molecule is CSc1ccc2c(c1)sc1ccccc12. The number of thioether (sulfide) groups is 1. The highest BCUT2D eigenvalue weighted by atomic mass is 32.2. The molecular weight excluding hydrogens is 220 g/mol. The average molecular weight is 230 g/mol. The summed E-state index contributed by atoms with van der Waals surface area (Å²) in [5, 5.41) is 2.76. The van der Waals surface area contributed by atoms with E-state index in [0.29, 0.717) is 0 Å². The van der Waals surface area contributed by atoms with Crippen molar-refractivity contribution in [3.05, 3.63) is 42.5 Å². The summed E-state index contributed by atoms with van der Waals surface area (Å²) in [5.74, 6) is 0. The molecule has 0 radical (unpaired) electrons. The van der Waals surface area contributed by atoms with Crippen LogP contribution >= 0.6 is 23.1 Å². The molecule has 0 N–H and O–H groups in total. The standard InChI is InChI=1S/C13H10S2/c1-14-9-6-7-11-10-4-2-3-5-12(10)15-13(11)8-9/h2-8H,1H3. The third-order valence-electron chi connectivity index (χ3n) is 2.59. The number of hydrogen-bond donors (Lipinski definition) is 0. The van der Waals surface area contributed by atoms with Crippen molar-refractivity contribution in [1.29, 1.82) is 0 Å². The van der Waals surface area contributed by atoms with Crippen LogP contribution in [0.3, 0.4) is 0 Å². The minimum absolute atomic E-state index is 1.34. The van der Waals surface area contributed by atoms with Crippen LogP contribution in [0.1, 0.15) is 0 Å². The summed E-state index contributed by atoms with van der Waals surface area (Å²) >= 11 is 3.68. The minimum atomic E-state index is 1.34. The maximum absolute atomic E-state index is 2.28. The van der Waals surface area contributed by atoms with Gasteiger partial charge in [0.15, 0.2) is 0 Å². The zero-order chi connectivity index (χ0) is 10.3. The molecule has 0 spiro atoms. The lowest BCUT2D eigenvalue weighted by Gasteiger charge is -1.95. The van der Waals surface area contributed by atoms with Crippen LogP contribution in [-0.2, 0) is 0 Å². The maximum atomic E-state index is 2.28. The van der Waals surface area contributed by atoms with Gasteiger partial charge in [0.05, 0.1) is 0 Å². The Morgan fingerprint density at radius 1 is 0.933 bits per heavy atom. The highest BCUT2D eigenvalue weighted by Gasteiger charge is 2.03. The predicted octanol–water partition coefficient (Wildman–Crippen LogP) is 4.78. The molecule has 3 aromatic rings. The van der Waals surface area contributed by atoms with Crippen LogP contribution in [-0.4, -0.2) is 6.26 Å². The summed E-state index contributed by atoms with van der Waals surface area (Å²) in [4.78, 5) is 1.34. The topological polar surface area (TPSA) is 0 Å². The molecule has 1 heterocycles. The largest absolute Gasteiger partial charge is 0.135 e. The normalized spacial score (nSPS) is 11.3. The van der Waals surface area contributed by atoms with Crippen molar-refractivity contribution in [2.45, 2.75) is 4.90 Å². The first kappa shape index (κ1) is 9.25. The molecule has 0 bridgehead atoms. The molecule has 2 aromatic carbocycles. The number of fused-ring (bicyclic) bond motifs is 3. The molecule has 0 aliphatic heterocycles. The molecule has 3 rings (SSSR count). The van der Waals surface area contributed by atoms with Gasteiger partial charge in [0.25, 0.3) is 0 Å². The fourth-order valence-electron chi connectivity index (χ4n) is 1.83. The van der Waals surface area contributed by atoms with Crippen LogP contribution in [0, 0.1) is 0 Å². The van der Waals surface area contributed by atoms with Crippen LogP contribution in [0.2, 0.25) is 0 Å². The summed E-state index contributed by atoms with van der Waals surface area (Å²) in [6, 6.07) is 15.3. The van der Waals surface area contributed by atoms with E-state index < -0.39 is 0 Å². The van der Waals surface area contributed by atoms with Gasteiger partial charge < -0.3 is 0 Å². The lowest BCUT2D eigenvalue weighted by molar-refractivity contribution is 1.53. The van der Waals surface area contributed by atoms with E-state index in [2.05, 4.69) is 48.7 Å². The lowest BCUT2D eigenvalue weighted by atomic mass is 10.2. The van der Waals surface area contributed by atoms with Gasteiger partial charge in [-0.3, -0.25) is 0 Å². The highest BCUT2D eigenvalue weighted by molar-refractivity contribution is 7.98. The van der Waals surface area contributed by atoms with Gasteiger partial charge in [0.2, 0.25) is 0 Å². The first-order valence-corrected chi connectivity index (χ1v) is 6.88. The zero-order valence-electron chi connectivity index (χ0n) is 8.36. The predicted molar refractivity (Wildman–Crippen MR) is 71.1 cm³/mol. The summed E-state index contributed by atoms with van der Waals surface area (Å²) < 4.78 is 2.77. The lowest BCUT2D eigenvalue weighted by Crippen LogP contribution is -1.68. The fourth-order valence-corrected chi connectivity index (χ4v) is 3.49. The molecule has 0 nitrogen and oxygen atoms in total. The molecule has 0 aliphatic rings. The smallest absolute Gasteiger partial charge is 0.0366 e. The summed E-state index contributed by atoms with van der Waals surface area (Å²) in [6.45, 7) is 0. The molecule has 15 heavy (non-hydrogen) atoms. The van der Waals surface area contributed by atoms with Gasteiger partial charge in [-0.25, -0.2) is 0 Å². The molecule has 0 amide bonds. The fraction of sp³-hybridized carbons (Fsp3) is 0.0769. The van der Waals surface area contributed by atoms with E-state index >= 15 is 0 Å². The van der Waals surface area contributed by atoms with E-state index in [4.69, 9.17) is 0 Å². The Kier molecular flexibility index (Phi) is 2.19. The minimum Gasteiger partial charge on any atom is -0.135 e. The van der Waals surface area contributed by atoms with Gasteiger partial charge in [-0.2, -0.15) is 0 Å². The van der Waals surface area contributed by atoms with Crippen LogP contribution < -0.4 is 0 Å². The van der Waals surface area contributed by atoms with Gasteiger partial charge in [0, 0.05) is 25.1 Å². The quantitative estimate of drug-likeness (QED) is 0.542. The molecule has 0 saturated carbocycles. The molecule has 74 valence electrons. The van der Waals surface area contributed by atoms with E-state index in [0.717, 1.165) is 0 Å². The third-order valence-corrected chi connectivity index (χ3v) is 4.44. The number of hydrogen-bond acceptors (Lipinski definition) is 2. The van der Waals surface area contributed by atoms with E-state index in [1.54, 1.807) is 11.8 Å². The highest BCUT2D eigenvalue weighted by Crippen LogP contribution is 2.35. The van der Waals surface area contributed by atoms with Crippen molar-refractivity contribution in [3.8, 4) is 0 Å². The zero-order valence-corrected chi connectivity index (χ0v) is 9.99. The molecule has 1 aromatic heterocycles. The molecule has 0 atom stereocenters. The Balaban J connectivity index is 2.43. The Morgan fingerprint density at radius 3 is 2.60 bits per heavy atom. The van der Waals surface area contributed by atoms with Gasteiger partial charge in [-0.1, -0.05) is 24.3 Å². The Labute approximate surface area is 96.9 Å². The van der Waals surface area contributed by atoms with Gasteiger partial charge >= 0.3 is 0 Å². The number of rotatable bonds is 1. The first-order chi connectivity index (χ1) is 7.38. The van der Waals surface area contributed by atoms with E-state index in [1.807, 2.05) is 11.3 Å². The van der Waals surface area contributed by atoms with E-state index in [1.165, 1.54) is 25.1 Å². The Hall–Kier alpha value is -0.990. The molecule has 0 fully saturated rings. The maximum Gasteiger partial charge on any atom is 0.0366 e. The summed E-state index contributed by atoms with van der Waals surface area (Å²) in [6.07, 6.45) is 2.12. The molecule has 0 aliphatic carbocycles. The van der Waals surface area contributed by atoms with Crippen molar-refractivity contribution in [2.75, 3.05) is 6.26 Å². The monoisotopic (exact) mass is 230 g/mol. The van der Waals surface area contributed by atoms with E-state index in [-0.39, 0.29) is 0 Å². The van der Waals surface area contributed by atoms with Crippen molar-refractivity contribution in [3.63, 3.8) is 0 Å². The van der Waals surface area contributed by atoms with Gasteiger partial charge in [-0.05, 0) is 24.5 Å². The number of benzene rings is 2. The van der Waals surface area contributed by atoms with Crippen LogP contribution in [0.25, 0.3) is 20.2 Å². The van der Waals surface area contributed by atoms with Crippen molar-refractivity contribution >= 4 is 43.3 Å². The van der Waals surface area contributed by atoms with Crippen LogP contribution in [0.4, 0.5) is 0 Å². The average Bonchev–Trinajstić information content (AvgIpc) is 2.66. The molecule has 2 heteroatoms. The molecule has 0 saturated heterocycles. The first-order valence-electron chi connectivity index (χ1n) is 4.84. The van der Waals surface area contributed by atoms with Crippen molar-refractivity contribution in [2.24, 2.45) is 0 Å². The Morgan fingerprint density at radius 2 is 1.73 bits per heavy atom. The van der Waals surface area contributed by atoms with Crippen molar-refractivity contribution in [1.82, 2.24) is 0 Å². The van der Waals surface area contributed by atoms with Crippen molar-refractivity contribution < 1.29 is 0 Å². The Bertz CT molecular complexity index is 623. The third kappa shape index (κ3) is 1.45. The number of thiophene rings is 1. The second-order valence-corrected chi connectivity index (χ2v) is 5.42. The second kappa shape index (κ2) is 3.54. The van der Waals surface area contributed by atoms with Gasteiger partial charge in [-0.15, -0.1) is 23.1 Å². The summed E-state index contributed by atoms with van der Waals surface area (Å²) in [7, 11) is 0. The van der Waals surface area contributed by atoms with Crippen LogP contribution in [0.15, 0.2) is 47.4 Å². The second-order valence-electron chi connectivity index (χ2n) is 3.46.